The highest BCUT2D eigenvalue weighted by molar-refractivity contribution is 7.89. The van der Waals surface area contributed by atoms with Crippen molar-refractivity contribution in [3.63, 3.8) is 0 Å². The average molecular weight is 292 g/mol. The second kappa shape index (κ2) is 5.91. The lowest BCUT2D eigenvalue weighted by molar-refractivity contribution is 0.271. The molecule has 1 aromatic carbocycles. The topological polar surface area (TPSA) is 69.4 Å². The van der Waals surface area contributed by atoms with Crippen molar-refractivity contribution in [1.29, 1.82) is 0 Å². The van der Waals surface area contributed by atoms with Gasteiger partial charge in [0.15, 0.2) is 0 Å². The van der Waals surface area contributed by atoms with Gasteiger partial charge in [0, 0.05) is 10.9 Å². The maximum absolute atomic E-state index is 10.9. The number of halogens is 1. The van der Waals surface area contributed by atoms with Crippen molar-refractivity contribution in [2.75, 3.05) is 12.4 Å². The van der Waals surface area contributed by atoms with E-state index in [1.165, 1.54) is 0 Å². The normalized spacial score (nSPS) is 13.4. The zero-order valence-electron chi connectivity index (χ0n) is 10.7. The fraction of sp³-hybridized carbons (Fsp3) is 0.500. The predicted octanol–water partition coefficient (Wildman–Crippen LogP) is 2.26. The Morgan fingerprint density at radius 3 is 2.28 bits per heavy atom. The number of ether oxygens (including phenoxy) is 1. The summed E-state index contributed by atoms with van der Waals surface area (Å²) in [4.78, 5) is 0. The van der Waals surface area contributed by atoms with E-state index in [4.69, 9.17) is 21.5 Å². The molecule has 18 heavy (non-hydrogen) atoms. The number of benzene rings is 1. The van der Waals surface area contributed by atoms with Gasteiger partial charge in [-0.3, -0.25) is 0 Å². The minimum absolute atomic E-state index is 0.0848. The van der Waals surface area contributed by atoms with E-state index in [1.807, 2.05) is 26.0 Å². The Kier molecular flexibility index (Phi) is 5.01. The van der Waals surface area contributed by atoms with Gasteiger partial charge in [-0.05, 0) is 37.1 Å². The molecule has 0 aromatic heterocycles. The first-order valence-electron chi connectivity index (χ1n) is 5.59. The van der Waals surface area contributed by atoms with Gasteiger partial charge in [-0.25, -0.2) is 13.6 Å². The Hall–Kier alpha value is -0.780. The zero-order chi connectivity index (χ0) is 13.9. The smallest absolute Gasteiger partial charge is 0.209 e. The standard InChI is InChI=1S/C12H18ClNO3S/c1-8(7-18(14,15)16)6-17-11-4-9(2)12(13)10(3)5-11/h4-5,8H,6-7H2,1-3H3,(H2,14,15,16). The Morgan fingerprint density at radius 2 is 1.83 bits per heavy atom. The third-order valence-electron chi connectivity index (χ3n) is 2.46. The Balaban J connectivity index is 2.64. The second-order valence-electron chi connectivity index (χ2n) is 4.62. The van der Waals surface area contributed by atoms with Gasteiger partial charge in [0.1, 0.15) is 5.75 Å². The summed E-state index contributed by atoms with van der Waals surface area (Å²) >= 11 is 6.05. The average Bonchev–Trinajstić information content (AvgIpc) is 2.20. The highest BCUT2D eigenvalue weighted by Crippen LogP contribution is 2.26. The molecule has 0 heterocycles. The molecule has 1 rings (SSSR count). The number of nitrogens with two attached hydrogens (primary N) is 1. The number of primary sulfonamides is 1. The molecule has 6 heteroatoms. The molecule has 102 valence electrons. The van der Waals surface area contributed by atoms with Crippen molar-refractivity contribution in [3.8, 4) is 5.75 Å². The third kappa shape index (κ3) is 4.84. The van der Waals surface area contributed by atoms with E-state index in [0.29, 0.717) is 12.4 Å². The third-order valence-corrected chi connectivity index (χ3v) is 4.09. The first-order chi connectivity index (χ1) is 8.19. The number of hydrogen-bond acceptors (Lipinski definition) is 3. The first-order valence-corrected chi connectivity index (χ1v) is 7.68. The molecule has 0 saturated carbocycles. The van der Waals surface area contributed by atoms with Crippen LogP contribution in [-0.2, 0) is 10.0 Å². The Morgan fingerprint density at radius 1 is 1.33 bits per heavy atom. The summed E-state index contributed by atoms with van der Waals surface area (Å²) in [7, 11) is -3.45. The number of rotatable bonds is 5. The summed E-state index contributed by atoms with van der Waals surface area (Å²) in [5.41, 5.74) is 1.87. The Bertz CT molecular complexity index is 505. The summed E-state index contributed by atoms with van der Waals surface area (Å²) in [6, 6.07) is 3.66. The van der Waals surface area contributed by atoms with Gasteiger partial charge >= 0.3 is 0 Å². The van der Waals surface area contributed by atoms with Crippen LogP contribution in [0.3, 0.4) is 0 Å². The van der Waals surface area contributed by atoms with Gasteiger partial charge < -0.3 is 4.74 Å². The van der Waals surface area contributed by atoms with E-state index in [0.717, 1.165) is 16.1 Å². The Labute approximate surface area is 113 Å². The molecule has 0 aliphatic rings. The van der Waals surface area contributed by atoms with Crippen LogP contribution < -0.4 is 9.88 Å². The van der Waals surface area contributed by atoms with E-state index in [9.17, 15) is 8.42 Å². The highest BCUT2D eigenvalue weighted by atomic mass is 35.5. The van der Waals surface area contributed by atoms with Gasteiger partial charge in [0.25, 0.3) is 0 Å². The van der Waals surface area contributed by atoms with Crippen LogP contribution >= 0.6 is 11.6 Å². The molecule has 1 unspecified atom stereocenters. The van der Waals surface area contributed by atoms with Gasteiger partial charge in [-0.1, -0.05) is 18.5 Å². The molecule has 0 aliphatic carbocycles. The van der Waals surface area contributed by atoms with Crippen molar-refractivity contribution >= 4 is 21.6 Å². The molecule has 0 radical (unpaired) electrons. The monoisotopic (exact) mass is 291 g/mol. The lowest BCUT2D eigenvalue weighted by atomic mass is 10.1. The second-order valence-corrected chi connectivity index (χ2v) is 6.65. The fourth-order valence-corrected chi connectivity index (χ4v) is 2.67. The van der Waals surface area contributed by atoms with Gasteiger partial charge in [-0.2, -0.15) is 0 Å². The fourth-order valence-electron chi connectivity index (χ4n) is 1.67. The molecule has 1 aromatic rings. The van der Waals surface area contributed by atoms with E-state index in [-0.39, 0.29) is 11.7 Å². The molecular formula is C12H18ClNO3S. The van der Waals surface area contributed by atoms with Gasteiger partial charge in [0.05, 0.1) is 12.4 Å². The molecule has 0 bridgehead atoms. The van der Waals surface area contributed by atoms with Crippen molar-refractivity contribution in [3.05, 3.63) is 28.3 Å². The van der Waals surface area contributed by atoms with E-state index >= 15 is 0 Å². The molecule has 1 atom stereocenters. The maximum atomic E-state index is 10.9. The molecule has 4 nitrogen and oxygen atoms in total. The summed E-state index contributed by atoms with van der Waals surface area (Å²) in [5.74, 6) is 0.449. The first kappa shape index (κ1) is 15.3. The van der Waals surface area contributed by atoms with Crippen LogP contribution in [0.1, 0.15) is 18.1 Å². The van der Waals surface area contributed by atoms with Crippen LogP contribution in [0.15, 0.2) is 12.1 Å². The van der Waals surface area contributed by atoms with Crippen LogP contribution in [0.25, 0.3) is 0 Å². The van der Waals surface area contributed by atoms with E-state index in [1.54, 1.807) is 6.92 Å². The molecule has 2 N–H and O–H groups in total. The summed E-state index contributed by atoms with van der Waals surface area (Å²) in [6.45, 7) is 5.88. The molecule has 0 amide bonds. The van der Waals surface area contributed by atoms with Crippen LogP contribution in [-0.4, -0.2) is 20.8 Å². The van der Waals surface area contributed by atoms with Crippen LogP contribution in [0.5, 0.6) is 5.75 Å². The maximum Gasteiger partial charge on any atom is 0.209 e. The van der Waals surface area contributed by atoms with Crippen LogP contribution in [0.2, 0.25) is 5.02 Å². The number of hydrogen-bond donors (Lipinski definition) is 1. The molecule has 0 saturated heterocycles. The number of aryl methyl sites for hydroxylation is 2. The SMILES string of the molecule is Cc1cc(OCC(C)CS(N)(=O)=O)cc(C)c1Cl. The van der Waals surface area contributed by atoms with Crippen molar-refractivity contribution < 1.29 is 13.2 Å². The van der Waals surface area contributed by atoms with Crippen molar-refractivity contribution in [2.24, 2.45) is 11.1 Å². The summed E-state index contributed by atoms with van der Waals surface area (Å²) in [5, 5.41) is 5.69. The predicted molar refractivity (Wildman–Crippen MR) is 73.6 cm³/mol. The van der Waals surface area contributed by atoms with Crippen LogP contribution in [0.4, 0.5) is 0 Å². The summed E-state index contributed by atoms with van der Waals surface area (Å²) < 4.78 is 27.4. The zero-order valence-corrected chi connectivity index (χ0v) is 12.3. The van der Waals surface area contributed by atoms with E-state index < -0.39 is 10.0 Å². The van der Waals surface area contributed by atoms with Crippen molar-refractivity contribution in [2.45, 2.75) is 20.8 Å². The highest BCUT2D eigenvalue weighted by Gasteiger charge is 2.12. The number of sulfonamides is 1. The molecule has 0 aliphatic heterocycles. The van der Waals surface area contributed by atoms with Crippen LogP contribution in [0, 0.1) is 19.8 Å². The lowest BCUT2D eigenvalue weighted by Crippen LogP contribution is -2.25. The minimum atomic E-state index is -3.45. The largest absolute Gasteiger partial charge is 0.493 e. The van der Waals surface area contributed by atoms with Gasteiger partial charge in [0.2, 0.25) is 10.0 Å². The van der Waals surface area contributed by atoms with Crippen molar-refractivity contribution in [1.82, 2.24) is 0 Å². The molecule has 0 fully saturated rings. The summed E-state index contributed by atoms with van der Waals surface area (Å²) in [6.07, 6.45) is 0. The van der Waals surface area contributed by atoms with E-state index in [2.05, 4.69) is 0 Å². The lowest BCUT2D eigenvalue weighted by Gasteiger charge is -2.13. The molecule has 0 spiro atoms. The minimum Gasteiger partial charge on any atom is -0.493 e. The quantitative estimate of drug-likeness (QED) is 0.904. The molecular weight excluding hydrogens is 274 g/mol. The van der Waals surface area contributed by atoms with Gasteiger partial charge in [-0.15, -0.1) is 0 Å².